The fourth-order valence-corrected chi connectivity index (χ4v) is 3.32. The van der Waals surface area contributed by atoms with E-state index in [1.165, 1.54) is 25.7 Å². The first kappa shape index (κ1) is 16.2. The number of nitrogens with zero attached hydrogens (tertiary/aromatic N) is 2. The molecule has 0 atom stereocenters. The summed E-state index contributed by atoms with van der Waals surface area (Å²) in [6.07, 6.45) is 6.81. The van der Waals surface area contributed by atoms with Crippen molar-refractivity contribution in [2.24, 2.45) is 11.3 Å². The number of rotatable bonds is 4. The van der Waals surface area contributed by atoms with Gasteiger partial charge in [-0.3, -0.25) is 4.39 Å². The van der Waals surface area contributed by atoms with Crippen molar-refractivity contribution in [1.29, 1.82) is 0 Å². The fourth-order valence-electron chi connectivity index (χ4n) is 3.32. The molecule has 1 aliphatic rings. The Morgan fingerprint density at radius 1 is 1.19 bits per heavy atom. The van der Waals surface area contributed by atoms with Crippen molar-refractivity contribution in [2.75, 3.05) is 12.0 Å². The van der Waals surface area contributed by atoms with Crippen LogP contribution in [0.1, 0.15) is 57.7 Å². The van der Waals surface area contributed by atoms with Gasteiger partial charge in [-0.15, -0.1) is 0 Å². The molecule has 3 nitrogen and oxygen atoms in total. The van der Waals surface area contributed by atoms with Crippen molar-refractivity contribution < 1.29 is 4.39 Å². The third-order valence-corrected chi connectivity index (χ3v) is 4.80. The van der Waals surface area contributed by atoms with E-state index < -0.39 is 0 Å². The predicted octanol–water partition coefficient (Wildman–Crippen LogP) is 4.31. The highest BCUT2D eigenvalue weighted by atomic mass is 19.1. The van der Waals surface area contributed by atoms with Crippen molar-refractivity contribution in [3.05, 3.63) is 17.6 Å². The molecule has 0 aliphatic heterocycles. The summed E-state index contributed by atoms with van der Waals surface area (Å²) in [4.78, 5) is 8.51. The van der Waals surface area contributed by atoms with Gasteiger partial charge in [0.05, 0.1) is 6.67 Å². The van der Waals surface area contributed by atoms with Gasteiger partial charge < -0.3 is 5.32 Å². The number of hydrogen-bond acceptors (Lipinski definition) is 3. The highest BCUT2D eigenvalue weighted by Crippen LogP contribution is 2.38. The number of hydrogen-bond donors (Lipinski definition) is 1. The molecule has 21 heavy (non-hydrogen) atoms. The maximum Gasteiger partial charge on any atom is 0.133 e. The van der Waals surface area contributed by atoms with Crippen molar-refractivity contribution in [3.8, 4) is 0 Å². The molecule has 1 N–H and O–H groups in total. The average Bonchev–Trinajstić information content (AvgIpc) is 2.42. The molecule has 1 saturated carbocycles. The van der Waals surface area contributed by atoms with Gasteiger partial charge in [0.25, 0.3) is 0 Å². The molecule has 0 unspecified atom stereocenters. The molecule has 0 amide bonds. The van der Waals surface area contributed by atoms with Gasteiger partial charge in [0.2, 0.25) is 0 Å². The minimum atomic E-state index is -0.361. The number of anilines is 1. The maximum atomic E-state index is 12.7. The summed E-state index contributed by atoms with van der Waals surface area (Å²) in [5.41, 5.74) is 2.21. The zero-order chi connectivity index (χ0) is 15.5. The molecule has 0 spiro atoms. The number of nitrogens with one attached hydrogen (secondary N) is 1. The van der Waals surface area contributed by atoms with Gasteiger partial charge in [0.15, 0.2) is 0 Å². The highest BCUT2D eigenvalue weighted by Gasteiger charge is 2.30. The molecular weight excluding hydrogens is 265 g/mol. The first-order valence-electron chi connectivity index (χ1n) is 8.04. The molecule has 0 aromatic carbocycles. The van der Waals surface area contributed by atoms with Crippen LogP contribution in [0.25, 0.3) is 0 Å². The van der Waals surface area contributed by atoms with Crippen LogP contribution in [0.5, 0.6) is 0 Å². The van der Waals surface area contributed by atoms with Crippen LogP contribution >= 0.6 is 0 Å². The van der Waals surface area contributed by atoms with E-state index in [4.69, 9.17) is 0 Å². The summed E-state index contributed by atoms with van der Waals surface area (Å²) in [6, 6.07) is 0.455. The van der Waals surface area contributed by atoms with Crippen LogP contribution in [0.4, 0.5) is 10.2 Å². The van der Waals surface area contributed by atoms with Gasteiger partial charge in [-0.25, -0.2) is 9.97 Å². The molecular formula is C17H28FN3. The summed E-state index contributed by atoms with van der Waals surface area (Å²) in [5, 5.41) is 3.53. The van der Waals surface area contributed by atoms with Crippen molar-refractivity contribution in [2.45, 2.75) is 65.8 Å². The van der Waals surface area contributed by atoms with Crippen LogP contribution < -0.4 is 5.32 Å². The van der Waals surface area contributed by atoms with Crippen LogP contribution in [-0.4, -0.2) is 22.7 Å². The number of halogens is 1. The second-order valence-electron chi connectivity index (χ2n) is 7.28. The maximum absolute atomic E-state index is 12.7. The minimum Gasteiger partial charge on any atom is -0.367 e. The molecule has 0 radical (unpaired) electrons. The monoisotopic (exact) mass is 293 g/mol. The summed E-state index contributed by atoms with van der Waals surface area (Å²) in [5.74, 6) is 1.63. The zero-order valence-electron chi connectivity index (χ0n) is 13.7. The van der Waals surface area contributed by atoms with E-state index >= 15 is 0 Å². The molecule has 1 aliphatic carbocycles. The third-order valence-electron chi connectivity index (χ3n) is 4.80. The molecule has 1 fully saturated rings. The zero-order valence-corrected chi connectivity index (χ0v) is 13.7. The number of alkyl halides is 1. The third kappa shape index (κ3) is 4.14. The summed E-state index contributed by atoms with van der Waals surface area (Å²) < 4.78 is 12.7. The first-order chi connectivity index (χ1) is 9.91. The van der Waals surface area contributed by atoms with Crippen molar-refractivity contribution >= 4 is 5.82 Å². The molecule has 118 valence electrons. The SMILES string of the molecule is Cc1ncnc(NC2CCC(C(C)(C)C)CC2)c1CCF. The second kappa shape index (κ2) is 6.71. The van der Waals surface area contributed by atoms with Gasteiger partial charge in [0.1, 0.15) is 12.1 Å². The van der Waals surface area contributed by atoms with E-state index in [9.17, 15) is 4.39 Å². The van der Waals surface area contributed by atoms with Crippen molar-refractivity contribution in [3.63, 3.8) is 0 Å². The molecule has 1 heterocycles. The fraction of sp³-hybridized carbons (Fsp3) is 0.765. The van der Waals surface area contributed by atoms with E-state index in [1.807, 2.05) is 6.92 Å². The van der Waals surface area contributed by atoms with E-state index in [-0.39, 0.29) is 6.67 Å². The van der Waals surface area contributed by atoms with Crippen LogP contribution in [0, 0.1) is 18.3 Å². The van der Waals surface area contributed by atoms with E-state index in [0.29, 0.717) is 17.9 Å². The average molecular weight is 293 g/mol. The minimum absolute atomic E-state index is 0.361. The summed E-state index contributed by atoms with van der Waals surface area (Å²) >= 11 is 0. The number of aromatic nitrogens is 2. The van der Waals surface area contributed by atoms with Crippen molar-refractivity contribution in [1.82, 2.24) is 9.97 Å². The lowest BCUT2D eigenvalue weighted by molar-refractivity contribution is 0.173. The smallest absolute Gasteiger partial charge is 0.133 e. The van der Waals surface area contributed by atoms with Gasteiger partial charge in [0, 0.05) is 23.7 Å². The predicted molar refractivity (Wildman–Crippen MR) is 85.3 cm³/mol. The molecule has 2 rings (SSSR count). The summed E-state index contributed by atoms with van der Waals surface area (Å²) in [6.45, 7) is 8.56. The largest absolute Gasteiger partial charge is 0.367 e. The van der Waals surface area contributed by atoms with Crippen LogP contribution in [0.15, 0.2) is 6.33 Å². The second-order valence-corrected chi connectivity index (χ2v) is 7.28. The lowest BCUT2D eigenvalue weighted by Gasteiger charge is -2.37. The Labute approximate surface area is 127 Å². The number of aryl methyl sites for hydroxylation is 1. The quantitative estimate of drug-likeness (QED) is 0.898. The summed E-state index contributed by atoms with van der Waals surface area (Å²) in [7, 11) is 0. The van der Waals surface area contributed by atoms with Gasteiger partial charge in [-0.05, 0) is 43.9 Å². The van der Waals surface area contributed by atoms with Gasteiger partial charge in [-0.2, -0.15) is 0 Å². The van der Waals surface area contributed by atoms with Gasteiger partial charge >= 0.3 is 0 Å². The lowest BCUT2D eigenvalue weighted by Crippen LogP contribution is -2.32. The van der Waals surface area contributed by atoms with E-state index in [2.05, 4.69) is 36.1 Å². The Bertz CT molecular complexity index is 460. The Balaban J connectivity index is 1.99. The first-order valence-corrected chi connectivity index (χ1v) is 8.04. The topological polar surface area (TPSA) is 37.8 Å². The lowest BCUT2D eigenvalue weighted by atomic mass is 9.71. The van der Waals surface area contributed by atoms with Crippen LogP contribution in [0.3, 0.4) is 0 Å². The molecule has 1 aromatic rings. The Hall–Kier alpha value is -1.19. The van der Waals surface area contributed by atoms with E-state index in [0.717, 1.165) is 23.0 Å². The van der Waals surface area contributed by atoms with Crippen LogP contribution in [0.2, 0.25) is 0 Å². The Morgan fingerprint density at radius 3 is 2.43 bits per heavy atom. The van der Waals surface area contributed by atoms with Crippen LogP contribution in [-0.2, 0) is 6.42 Å². The molecule has 0 saturated heterocycles. The molecule has 4 heteroatoms. The molecule has 0 bridgehead atoms. The van der Waals surface area contributed by atoms with E-state index in [1.54, 1.807) is 6.33 Å². The molecule has 1 aromatic heterocycles. The van der Waals surface area contributed by atoms with Gasteiger partial charge in [-0.1, -0.05) is 20.8 Å². The Kier molecular flexibility index (Phi) is 5.17. The standard InChI is InChI=1S/C17H28FN3/c1-12-15(9-10-18)16(20-11-19-12)21-14-7-5-13(6-8-14)17(2,3)4/h11,13-14H,5-10H2,1-4H3,(H,19,20,21). The normalized spacial score (nSPS) is 23.1. The Morgan fingerprint density at radius 2 is 1.86 bits per heavy atom. The highest BCUT2D eigenvalue weighted by molar-refractivity contribution is 5.46.